The van der Waals surface area contributed by atoms with Crippen molar-refractivity contribution in [3.63, 3.8) is 0 Å². The Morgan fingerprint density at radius 2 is 2.17 bits per heavy atom. The Hall–Kier alpha value is -1.53. The third kappa shape index (κ3) is 4.98. The standard InChI is InChI=1S/C18H28N4O2/c1-13-11-16(22-18(20-13)14-3-2-8-19-12-14)4-5-17(23)21-15-6-9-24-10-7-15/h11,14-15,19H,2-10,12H2,1H3,(H,21,23). The van der Waals surface area contributed by atoms with Crippen molar-refractivity contribution in [1.82, 2.24) is 20.6 Å². The van der Waals surface area contributed by atoms with Crippen molar-refractivity contribution in [3.8, 4) is 0 Å². The number of nitrogens with one attached hydrogen (secondary N) is 2. The number of piperidine rings is 1. The lowest BCUT2D eigenvalue weighted by Gasteiger charge is -2.23. The highest BCUT2D eigenvalue weighted by atomic mass is 16.5. The number of carbonyl (C=O) groups is 1. The van der Waals surface area contributed by atoms with Gasteiger partial charge in [0, 0.05) is 49.5 Å². The molecule has 1 amide bonds. The summed E-state index contributed by atoms with van der Waals surface area (Å²) in [5.41, 5.74) is 1.97. The van der Waals surface area contributed by atoms with E-state index in [4.69, 9.17) is 9.72 Å². The predicted molar refractivity (Wildman–Crippen MR) is 91.9 cm³/mol. The number of hydrogen-bond acceptors (Lipinski definition) is 5. The van der Waals surface area contributed by atoms with Gasteiger partial charge in [-0.3, -0.25) is 4.79 Å². The van der Waals surface area contributed by atoms with Crippen LogP contribution in [0.4, 0.5) is 0 Å². The molecule has 2 N–H and O–H groups in total. The van der Waals surface area contributed by atoms with Crippen molar-refractivity contribution in [2.75, 3.05) is 26.3 Å². The summed E-state index contributed by atoms with van der Waals surface area (Å²) in [6.07, 6.45) is 5.29. The van der Waals surface area contributed by atoms with Crippen LogP contribution in [0, 0.1) is 6.92 Å². The first-order valence-corrected chi connectivity index (χ1v) is 9.13. The highest BCUT2D eigenvalue weighted by Gasteiger charge is 2.19. The summed E-state index contributed by atoms with van der Waals surface area (Å²) in [5.74, 6) is 1.44. The van der Waals surface area contributed by atoms with E-state index in [1.54, 1.807) is 0 Å². The average molecular weight is 332 g/mol. The van der Waals surface area contributed by atoms with Crippen LogP contribution in [0.3, 0.4) is 0 Å². The summed E-state index contributed by atoms with van der Waals surface area (Å²) in [6, 6.07) is 2.27. The van der Waals surface area contributed by atoms with Crippen LogP contribution in [0.1, 0.15) is 55.2 Å². The van der Waals surface area contributed by atoms with E-state index in [2.05, 4.69) is 15.6 Å². The van der Waals surface area contributed by atoms with Crippen LogP contribution >= 0.6 is 0 Å². The molecule has 0 saturated carbocycles. The van der Waals surface area contributed by atoms with Crippen LogP contribution < -0.4 is 10.6 Å². The lowest BCUT2D eigenvalue weighted by atomic mass is 9.98. The lowest BCUT2D eigenvalue weighted by molar-refractivity contribution is -0.122. The molecule has 2 aliphatic heterocycles. The van der Waals surface area contributed by atoms with Crippen molar-refractivity contribution >= 4 is 5.91 Å². The molecule has 6 heteroatoms. The molecule has 6 nitrogen and oxygen atoms in total. The molecule has 2 saturated heterocycles. The Balaban J connectivity index is 1.54. The van der Waals surface area contributed by atoms with Crippen molar-refractivity contribution < 1.29 is 9.53 Å². The highest BCUT2D eigenvalue weighted by molar-refractivity contribution is 5.76. The molecule has 132 valence electrons. The summed E-state index contributed by atoms with van der Waals surface area (Å²) < 4.78 is 5.32. The normalized spacial score (nSPS) is 22.3. The van der Waals surface area contributed by atoms with E-state index in [9.17, 15) is 4.79 Å². The highest BCUT2D eigenvalue weighted by Crippen LogP contribution is 2.20. The Labute approximate surface area is 143 Å². The van der Waals surface area contributed by atoms with Gasteiger partial charge in [-0.05, 0) is 51.6 Å². The van der Waals surface area contributed by atoms with E-state index >= 15 is 0 Å². The maximum absolute atomic E-state index is 12.2. The molecule has 1 aromatic heterocycles. The van der Waals surface area contributed by atoms with E-state index < -0.39 is 0 Å². The van der Waals surface area contributed by atoms with Gasteiger partial charge in [-0.25, -0.2) is 9.97 Å². The predicted octanol–water partition coefficient (Wildman–Crippen LogP) is 1.48. The zero-order valence-electron chi connectivity index (χ0n) is 14.5. The minimum absolute atomic E-state index is 0.110. The molecule has 0 aliphatic carbocycles. The molecular formula is C18H28N4O2. The van der Waals surface area contributed by atoms with Gasteiger partial charge in [0.25, 0.3) is 0 Å². The van der Waals surface area contributed by atoms with E-state index in [0.29, 0.717) is 18.8 Å². The third-order valence-corrected chi connectivity index (χ3v) is 4.78. The van der Waals surface area contributed by atoms with Crippen LogP contribution in [0.5, 0.6) is 0 Å². The van der Waals surface area contributed by atoms with E-state index in [0.717, 1.165) is 62.8 Å². The van der Waals surface area contributed by atoms with Crippen LogP contribution in [-0.2, 0) is 16.0 Å². The molecule has 2 fully saturated rings. The van der Waals surface area contributed by atoms with Crippen LogP contribution in [0.15, 0.2) is 6.07 Å². The number of rotatable bonds is 5. The first kappa shape index (κ1) is 17.3. The number of ether oxygens (including phenoxy) is 1. The summed E-state index contributed by atoms with van der Waals surface area (Å²) in [7, 11) is 0. The van der Waals surface area contributed by atoms with Gasteiger partial charge in [-0.2, -0.15) is 0 Å². The van der Waals surface area contributed by atoms with Crippen molar-refractivity contribution in [2.45, 2.75) is 57.4 Å². The minimum atomic E-state index is 0.110. The second kappa shape index (κ2) is 8.53. The fourth-order valence-corrected chi connectivity index (χ4v) is 3.42. The van der Waals surface area contributed by atoms with Crippen molar-refractivity contribution in [2.24, 2.45) is 0 Å². The molecule has 3 heterocycles. The van der Waals surface area contributed by atoms with Gasteiger partial charge >= 0.3 is 0 Å². The molecule has 3 rings (SSSR count). The molecule has 0 spiro atoms. The number of carbonyl (C=O) groups excluding carboxylic acids is 1. The third-order valence-electron chi connectivity index (χ3n) is 4.78. The summed E-state index contributed by atoms with van der Waals surface area (Å²) in [4.78, 5) is 21.5. The zero-order chi connectivity index (χ0) is 16.8. The van der Waals surface area contributed by atoms with Crippen molar-refractivity contribution in [3.05, 3.63) is 23.3 Å². The van der Waals surface area contributed by atoms with Gasteiger partial charge in [-0.1, -0.05) is 0 Å². The number of nitrogens with zero attached hydrogens (tertiary/aromatic N) is 2. The summed E-state index contributed by atoms with van der Waals surface area (Å²) >= 11 is 0. The molecular weight excluding hydrogens is 304 g/mol. The van der Waals surface area contributed by atoms with Gasteiger partial charge in [0.1, 0.15) is 5.82 Å². The Bertz CT molecular complexity index is 552. The number of aryl methyl sites for hydroxylation is 2. The van der Waals surface area contributed by atoms with E-state index in [1.165, 1.54) is 6.42 Å². The van der Waals surface area contributed by atoms with Crippen molar-refractivity contribution in [1.29, 1.82) is 0 Å². The molecule has 0 bridgehead atoms. The fraction of sp³-hybridized carbons (Fsp3) is 0.722. The van der Waals surface area contributed by atoms with Crippen LogP contribution in [-0.4, -0.2) is 48.2 Å². The van der Waals surface area contributed by atoms with Crippen LogP contribution in [0.2, 0.25) is 0 Å². The molecule has 1 aromatic rings. The smallest absolute Gasteiger partial charge is 0.220 e. The Morgan fingerprint density at radius 1 is 1.33 bits per heavy atom. The second-order valence-corrected chi connectivity index (χ2v) is 6.86. The Kier molecular flexibility index (Phi) is 6.15. The maximum Gasteiger partial charge on any atom is 0.220 e. The van der Waals surface area contributed by atoms with Gasteiger partial charge < -0.3 is 15.4 Å². The first-order chi connectivity index (χ1) is 11.7. The molecule has 0 radical (unpaired) electrons. The Morgan fingerprint density at radius 3 is 2.92 bits per heavy atom. The molecule has 1 atom stereocenters. The maximum atomic E-state index is 12.2. The largest absolute Gasteiger partial charge is 0.381 e. The monoisotopic (exact) mass is 332 g/mol. The van der Waals surface area contributed by atoms with Gasteiger partial charge in [0.15, 0.2) is 0 Å². The zero-order valence-corrected chi connectivity index (χ0v) is 14.5. The summed E-state index contributed by atoms with van der Waals surface area (Å²) in [6.45, 7) is 5.53. The van der Waals surface area contributed by atoms with Crippen LogP contribution in [0.25, 0.3) is 0 Å². The fourth-order valence-electron chi connectivity index (χ4n) is 3.42. The average Bonchev–Trinajstić information content (AvgIpc) is 2.61. The van der Waals surface area contributed by atoms with E-state index in [1.807, 2.05) is 13.0 Å². The van der Waals surface area contributed by atoms with E-state index in [-0.39, 0.29) is 11.9 Å². The van der Waals surface area contributed by atoms with Gasteiger partial charge in [0.05, 0.1) is 0 Å². The lowest BCUT2D eigenvalue weighted by Crippen LogP contribution is -2.39. The van der Waals surface area contributed by atoms with Gasteiger partial charge in [0.2, 0.25) is 5.91 Å². The second-order valence-electron chi connectivity index (χ2n) is 6.86. The SMILES string of the molecule is Cc1cc(CCC(=O)NC2CCOCC2)nc(C2CCCNC2)n1. The number of aromatic nitrogens is 2. The molecule has 24 heavy (non-hydrogen) atoms. The quantitative estimate of drug-likeness (QED) is 0.854. The molecule has 2 aliphatic rings. The minimum Gasteiger partial charge on any atom is -0.381 e. The molecule has 0 aromatic carbocycles. The summed E-state index contributed by atoms with van der Waals surface area (Å²) in [5, 5.41) is 6.52. The topological polar surface area (TPSA) is 76.1 Å². The number of amides is 1. The first-order valence-electron chi connectivity index (χ1n) is 9.13. The van der Waals surface area contributed by atoms with Gasteiger partial charge in [-0.15, -0.1) is 0 Å². The molecule has 1 unspecified atom stereocenters. The number of hydrogen-bond donors (Lipinski definition) is 2.